The molecule has 0 unspecified atom stereocenters. The third-order valence-electron chi connectivity index (χ3n) is 4.26. The van der Waals surface area contributed by atoms with Crippen molar-refractivity contribution in [3.8, 4) is 0 Å². The minimum absolute atomic E-state index is 0.0448. The van der Waals surface area contributed by atoms with Gasteiger partial charge in [-0.05, 0) is 25.2 Å². The first kappa shape index (κ1) is 12.8. The van der Waals surface area contributed by atoms with Gasteiger partial charge in [0, 0.05) is 12.0 Å². The molecular weight excluding hydrogens is 216 g/mol. The van der Waals surface area contributed by atoms with E-state index in [-0.39, 0.29) is 24.0 Å². The van der Waals surface area contributed by atoms with Crippen molar-refractivity contribution >= 4 is 5.91 Å². The largest absolute Gasteiger partial charge is 0.396 e. The van der Waals surface area contributed by atoms with Gasteiger partial charge >= 0.3 is 0 Å². The Morgan fingerprint density at radius 2 is 2.06 bits per heavy atom. The maximum Gasteiger partial charge on any atom is 0.236 e. The molecular formula is C13H24N2O2. The van der Waals surface area contributed by atoms with Crippen molar-refractivity contribution in [1.29, 1.82) is 0 Å². The van der Waals surface area contributed by atoms with Crippen LogP contribution in [0.4, 0.5) is 0 Å². The summed E-state index contributed by atoms with van der Waals surface area (Å²) in [7, 11) is 0. The molecule has 1 amide bonds. The normalized spacial score (nSPS) is 24.6. The van der Waals surface area contributed by atoms with Gasteiger partial charge in [-0.25, -0.2) is 0 Å². The molecule has 0 heterocycles. The molecule has 1 atom stereocenters. The summed E-state index contributed by atoms with van der Waals surface area (Å²) in [5, 5.41) is 12.4. The molecule has 0 aromatic carbocycles. The van der Waals surface area contributed by atoms with E-state index in [1.807, 2.05) is 0 Å². The number of hydrogen-bond acceptors (Lipinski definition) is 3. The van der Waals surface area contributed by atoms with E-state index in [0.29, 0.717) is 12.5 Å². The molecule has 98 valence electrons. The highest BCUT2D eigenvalue weighted by molar-refractivity contribution is 5.81. The molecule has 2 aliphatic carbocycles. The average Bonchev–Trinajstić information content (AvgIpc) is 3.02. The van der Waals surface area contributed by atoms with Gasteiger partial charge in [0.1, 0.15) is 0 Å². The Kier molecular flexibility index (Phi) is 4.05. The van der Waals surface area contributed by atoms with Gasteiger partial charge in [-0.3, -0.25) is 4.79 Å². The molecule has 2 aliphatic rings. The number of aliphatic hydroxyl groups is 1. The van der Waals surface area contributed by atoms with Crippen LogP contribution in [0.5, 0.6) is 0 Å². The lowest BCUT2D eigenvalue weighted by Crippen LogP contribution is -2.46. The highest BCUT2D eigenvalue weighted by atomic mass is 16.3. The Morgan fingerprint density at radius 3 is 2.59 bits per heavy atom. The lowest BCUT2D eigenvalue weighted by atomic mass is 9.87. The smallest absolute Gasteiger partial charge is 0.236 e. The fraction of sp³-hybridized carbons (Fsp3) is 0.923. The van der Waals surface area contributed by atoms with E-state index in [9.17, 15) is 9.90 Å². The molecule has 0 aliphatic heterocycles. The Hall–Kier alpha value is -0.610. The molecule has 17 heavy (non-hydrogen) atoms. The van der Waals surface area contributed by atoms with Gasteiger partial charge < -0.3 is 16.2 Å². The van der Waals surface area contributed by atoms with Gasteiger partial charge in [-0.1, -0.05) is 25.7 Å². The average molecular weight is 240 g/mol. The summed E-state index contributed by atoms with van der Waals surface area (Å²) in [6.07, 6.45) is 7.61. The number of amides is 1. The number of nitrogens with one attached hydrogen (secondary N) is 1. The van der Waals surface area contributed by atoms with E-state index in [2.05, 4.69) is 5.32 Å². The second-order valence-corrected chi connectivity index (χ2v) is 5.87. The molecule has 2 rings (SSSR count). The van der Waals surface area contributed by atoms with E-state index in [1.54, 1.807) is 0 Å². The van der Waals surface area contributed by atoms with Crippen LogP contribution in [0.1, 0.15) is 44.9 Å². The maximum atomic E-state index is 11.8. The minimum atomic E-state index is -0.361. The highest BCUT2D eigenvalue weighted by Gasteiger charge is 2.34. The third kappa shape index (κ3) is 3.42. The van der Waals surface area contributed by atoms with E-state index in [4.69, 9.17) is 5.73 Å². The van der Waals surface area contributed by atoms with Gasteiger partial charge in [0.15, 0.2) is 0 Å². The van der Waals surface area contributed by atoms with Crippen LogP contribution in [0.3, 0.4) is 0 Å². The first-order valence-corrected chi connectivity index (χ1v) is 6.79. The monoisotopic (exact) mass is 240 g/mol. The standard InChI is InChI=1S/C13H24N2O2/c14-11(7-10-3-4-10)12(17)15-8-13(9-16)5-1-2-6-13/h10-11,16H,1-9,14H2,(H,15,17)/t11-/m0/s1. The van der Waals surface area contributed by atoms with Gasteiger partial charge in [0.2, 0.25) is 5.91 Å². The molecule has 4 N–H and O–H groups in total. The van der Waals surface area contributed by atoms with Gasteiger partial charge in [0.05, 0.1) is 12.6 Å². The fourth-order valence-electron chi connectivity index (χ4n) is 2.74. The first-order chi connectivity index (χ1) is 8.15. The zero-order valence-corrected chi connectivity index (χ0v) is 10.5. The summed E-state index contributed by atoms with van der Waals surface area (Å²) >= 11 is 0. The van der Waals surface area contributed by atoms with Crippen molar-refractivity contribution < 1.29 is 9.90 Å². The summed E-state index contributed by atoms with van der Waals surface area (Å²) in [5.74, 6) is 0.630. The topological polar surface area (TPSA) is 75.4 Å². The molecule has 0 spiro atoms. The van der Waals surface area contributed by atoms with E-state index >= 15 is 0 Å². The van der Waals surface area contributed by atoms with Gasteiger partial charge in [-0.2, -0.15) is 0 Å². The summed E-state index contributed by atoms with van der Waals surface area (Å²) in [6, 6.07) is -0.361. The highest BCUT2D eigenvalue weighted by Crippen LogP contribution is 2.37. The van der Waals surface area contributed by atoms with E-state index in [0.717, 1.165) is 32.1 Å². The van der Waals surface area contributed by atoms with Crippen LogP contribution in [0.15, 0.2) is 0 Å². The summed E-state index contributed by atoms with van der Waals surface area (Å²) in [5.41, 5.74) is 5.78. The lowest BCUT2D eigenvalue weighted by Gasteiger charge is -2.27. The predicted octanol–water partition coefficient (Wildman–Crippen LogP) is 0.783. The van der Waals surface area contributed by atoms with Crippen molar-refractivity contribution in [2.45, 2.75) is 51.0 Å². The molecule has 4 nitrogen and oxygen atoms in total. The van der Waals surface area contributed by atoms with Crippen molar-refractivity contribution in [1.82, 2.24) is 5.32 Å². The Morgan fingerprint density at radius 1 is 1.41 bits per heavy atom. The van der Waals surface area contributed by atoms with Gasteiger partial charge in [-0.15, -0.1) is 0 Å². The Labute approximate surface area is 103 Å². The van der Waals surface area contributed by atoms with Crippen LogP contribution in [-0.4, -0.2) is 30.2 Å². The number of carbonyl (C=O) groups excluding carboxylic acids is 1. The summed E-state index contributed by atoms with van der Waals surface area (Å²) < 4.78 is 0. The summed E-state index contributed by atoms with van der Waals surface area (Å²) in [4.78, 5) is 11.8. The number of hydrogen-bond donors (Lipinski definition) is 3. The zero-order valence-electron chi connectivity index (χ0n) is 10.5. The molecule has 0 radical (unpaired) electrons. The number of rotatable bonds is 6. The van der Waals surface area contributed by atoms with Gasteiger partial charge in [0.25, 0.3) is 0 Å². The van der Waals surface area contributed by atoms with Crippen molar-refractivity contribution in [2.75, 3.05) is 13.2 Å². The molecule has 0 saturated heterocycles. The van der Waals surface area contributed by atoms with Crippen molar-refractivity contribution in [3.63, 3.8) is 0 Å². The zero-order chi connectivity index (χ0) is 12.3. The van der Waals surface area contributed by atoms with Crippen molar-refractivity contribution in [2.24, 2.45) is 17.1 Å². The van der Waals surface area contributed by atoms with Crippen LogP contribution in [0.2, 0.25) is 0 Å². The molecule has 0 bridgehead atoms. The van der Waals surface area contributed by atoms with E-state index < -0.39 is 0 Å². The SMILES string of the molecule is N[C@@H](CC1CC1)C(=O)NCC1(CO)CCCC1. The Balaban J connectivity index is 1.73. The molecule has 2 saturated carbocycles. The number of aliphatic hydroxyl groups excluding tert-OH is 1. The molecule has 4 heteroatoms. The van der Waals surface area contributed by atoms with Crippen LogP contribution in [0.25, 0.3) is 0 Å². The predicted molar refractivity (Wildman–Crippen MR) is 66.3 cm³/mol. The molecule has 0 aromatic heterocycles. The number of carbonyl (C=O) groups is 1. The molecule has 0 aromatic rings. The van der Waals surface area contributed by atoms with Crippen LogP contribution < -0.4 is 11.1 Å². The Bertz CT molecular complexity index is 271. The van der Waals surface area contributed by atoms with Crippen LogP contribution in [0, 0.1) is 11.3 Å². The van der Waals surface area contributed by atoms with E-state index in [1.165, 1.54) is 12.8 Å². The maximum absolute atomic E-state index is 11.8. The fourth-order valence-corrected chi connectivity index (χ4v) is 2.74. The second kappa shape index (κ2) is 5.36. The first-order valence-electron chi connectivity index (χ1n) is 6.79. The van der Waals surface area contributed by atoms with Crippen LogP contribution >= 0.6 is 0 Å². The van der Waals surface area contributed by atoms with Crippen LogP contribution in [-0.2, 0) is 4.79 Å². The quantitative estimate of drug-likeness (QED) is 0.642. The van der Waals surface area contributed by atoms with Crippen molar-refractivity contribution in [3.05, 3.63) is 0 Å². The minimum Gasteiger partial charge on any atom is -0.396 e. The summed E-state index contributed by atoms with van der Waals surface area (Å²) in [6.45, 7) is 0.756. The number of nitrogens with two attached hydrogens (primary N) is 1. The third-order valence-corrected chi connectivity index (χ3v) is 4.26. The lowest BCUT2D eigenvalue weighted by molar-refractivity contribution is -0.123. The molecule has 2 fully saturated rings. The second-order valence-electron chi connectivity index (χ2n) is 5.87.